The van der Waals surface area contributed by atoms with Gasteiger partial charge in [-0.15, -0.1) is 0 Å². The van der Waals surface area contributed by atoms with Crippen LogP contribution in [0.1, 0.15) is 37.1 Å². The van der Waals surface area contributed by atoms with Crippen LogP contribution in [0.25, 0.3) is 11.0 Å². The minimum Gasteiger partial charge on any atom is -0.348 e. The fraction of sp³-hybridized carbons (Fsp3) is 0.350. The molecule has 26 heavy (non-hydrogen) atoms. The van der Waals surface area contributed by atoms with Crippen LogP contribution in [-0.2, 0) is 23.8 Å². The standard InChI is InChI=1S/C20H21FN4O/c1-25-17-7-6-15(21)11-16(17)24-18(25)13-23-19(26)20(8-2-3-9-20)14-5-4-10-22-12-14/h4-7,10-12H,2-3,8-9,13H2,1H3,(H,23,26). The third-order valence-electron chi connectivity index (χ3n) is 5.45. The highest BCUT2D eigenvalue weighted by Crippen LogP contribution is 2.41. The summed E-state index contributed by atoms with van der Waals surface area (Å²) >= 11 is 0. The number of hydrogen-bond acceptors (Lipinski definition) is 3. The first-order valence-electron chi connectivity index (χ1n) is 8.90. The number of pyridine rings is 1. The number of imidazole rings is 1. The zero-order valence-corrected chi connectivity index (χ0v) is 14.7. The average molecular weight is 352 g/mol. The van der Waals surface area contributed by atoms with Crippen molar-refractivity contribution in [3.05, 3.63) is 59.9 Å². The Bertz CT molecular complexity index is 945. The van der Waals surface area contributed by atoms with Crippen molar-refractivity contribution in [1.29, 1.82) is 0 Å². The molecule has 1 N–H and O–H groups in total. The van der Waals surface area contributed by atoms with E-state index in [4.69, 9.17) is 0 Å². The second-order valence-corrected chi connectivity index (χ2v) is 6.93. The largest absolute Gasteiger partial charge is 0.348 e. The van der Waals surface area contributed by atoms with Crippen LogP contribution in [0.5, 0.6) is 0 Å². The lowest BCUT2D eigenvalue weighted by Gasteiger charge is -2.27. The molecule has 5 nitrogen and oxygen atoms in total. The molecule has 0 unspecified atom stereocenters. The smallest absolute Gasteiger partial charge is 0.231 e. The van der Waals surface area contributed by atoms with E-state index < -0.39 is 5.41 Å². The molecule has 6 heteroatoms. The maximum absolute atomic E-state index is 13.4. The minimum absolute atomic E-state index is 0.0150. The van der Waals surface area contributed by atoms with Crippen LogP contribution < -0.4 is 5.32 Å². The number of benzene rings is 1. The summed E-state index contributed by atoms with van der Waals surface area (Å²) in [6.45, 7) is 0.313. The number of nitrogens with one attached hydrogen (secondary N) is 1. The van der Waals surface area contributed by atoms with Crippen molar-refractivity contribution in [3.63, 3.8) is 0 Å². The summed E-state index contributed by atoms with van der Waals surface area (Å²) in [4.78, 5) is 21.7. The molecule has 1 aromatic carbocycles. The summed E-state index contributed by atoms with van der Waals surface area (Å²) in [5.41, 5.74) is 1.91. The molecule has 134 valence electrons. The Morgan fingerprint density at radius 3 is 2.85 bits per heavy atom. The van der Waals surface area contributed by atoms with Crippen molar-refractivity contribution in [2.24, 2.45) is 7.05 Å². The quantitative estimate of drug-likeness (QED) is 0.784. The van der Waals surface area contributed by atoms with E-state index in [0.717, 1.165) is 36.8 Å². The molecular weight excluding hydrogens is 331 g/mol. The van der Waals surface area contributed by atoms with Gasteiger partial charge in [0.2, 0.25) is 5.91 Å². The first-order valence-corrected chi connectivity index (χ1v) is 8.90. The molecule has 1 aliphatic carbocycles. The molecule has 4 rings (SSSR count). The summed E-state index contributed by atoms with van der Waals surface area (Å²) < 4.78 is 15.3. The molecule has 1 aliphatic rings. The summed E-state index contributed by atoms with van der Waals surface area (Å²) in [6.07, 6.45) is 7.25. The summed E-state index contributed by atoms with van der Waals surface area (Å²) in [6, 6.07) is 8.40. The minimum atomic E-state index is -0.509. The van der Waals surface area contributed by atoms with Gasteiger partial charge in [0.25, 0.3) is 0 Å². The number of nitrogens with zero attached hydrogens (tertiary/aromatic N) is 3. The Morgan fingerprint density at radius 1 is 1.31 bits per heavy atom. The predicted molar refractivity (Wildman–Crippen MR) is 96.9 cm³/mol. The molecule has 1 fully saturated rings. The number of aryl methyl sites for hydroxylation is 1. The van der Waals surface area contributed by atoms with E-state index in [1.807, 2.05) is 23.7 Å². The summed E-state index contributed by atoms with van der Waals surface area (Å²) in [7, 11) is 1.88. The van der Waals surface area contributed by atoms with Crippen molar-refractivity contribution >= 4 is 16.9 Å². The van der Waals surface area contributed by atoms with Crippen molar-refractivity contribution in [1.82, 2.24) is 19.9 Å². The number of fused-ring (bicyclic) bond motifs is 1. The molecule has 1 amide bonds. The van der Waals surface area contributed by atoms with Crippen molar-refractivity contribution < 1.29 is 9.18 Å². The number of halogens is 1. The highest BCUT2D eigenvalue weighted by Gasteiger charge is 2.42. The normalized spacial score (nSPS) is 16.1. The van der Waals surface area contributed by atoms with Gasteiger partial charge in [0.1, 0.15) is 11.6 Å². The zero-order chi connectivity index (χ0) is 18.1. The molecule has 0 atom stereocenters. The Morgan fingerprint density at radius 2 is 2.12 bits per heavy atom. The molecule has 0 spiro atoms. The Hall–Kier alpha value is -2.76. The second-order valence-electron chi connectivity index (χ2n) is 6.93. The second kappa shape index (κ2) is 6.52. The van der Waals surface area contributed by atoms with Crippen LogP contribution in [0.15, 0.2) is 42.7 Å². The SMILES string of the molecule is Cn1c(CNC(=O)C2(c3cccnc3)CCCC2)nc2cc(F)ccc21. The van der Waals surface area contributed by atoms with Crippen LogP contribution in [0.3, 0.4) is 0 Å². The first-order chi connectivity index (χ1) is 12.6. The first kappa shape index (κ1) is 16.7. The van der Waals surface area contributed by atoms with Gasteiger partial charge in [-0.25, -0.2) is 9.37 Å². The van der Waals surface area contributed by atoms with Crippen molar-refractivity contribution in [2.75, 3.05) is 0 Å². The topological polar surface area (TPSA) is 59.8 Å². The molecular formula is C20H21FN4O. The van der Waals surface area contributed by atoms with E-state index in [0.29, 0.717) is 17.9 Å². The van der Waals surface area contributed by atoms with Gasteiger partial charge in [-0.1, -0.05) is 18.9 Å². The van der Waals surface area contributed by atoms with E-state index in [1.165, 1.54) is 12.1 Å². The van der Waals surface area contributed by atoms with E-state index in [2.05, 4.69) is 15.3 Å². The maximum Gasteiger partial charge on any atom is 0.231 e. The Labute approximate surface area is 151 Å². The number of rotatable bonds is 4. The van der Waals surface area contributed by atoms with E-state index in [9.17, 15) is 9.18 Å². The molecule has 3 aromatic rings. The van der Waals surface area contributed by atoms with E-state index >= 15 is 0 Å². The molecule has 0 saturated heterocycles. The molecule has 0 aliphatic heterocycles. The van der Waals surface area contributed by atoms with Crippen LogP contribution in [0.2, 0.25) is 0 Å². The van der Waals surface area contributed by atoms with Crippen LogP contribution in [-0.4, -0.2) is 20.4 Å². The van der Waals surface area contributed by atoms with E-state index in [-0.39, 0.29) is 11.7 Å². The summed E-state index contributed by atoms with van der Waals surface area (Å²) in [5, 5.41) is 3.05. The zero-order valence-electron chi connectivity index (χ0n) is 14.7. The van der Waals surface area contributed by atoms with Crippen LogP contribution in [0, 0.1) is 5.82 Å². The lowest BCUT2D eigenvalue weighted by Crippen LogP contribution is -2.42. The van der Waals surface area contributed by atoms with Gasteiger partial charge in [-0.2, -0.15) is 0 Å². The third-order valence-corrected chi connectivity index (χ3v) is 5.45. The third kappa shape index (κ3) is 2.75. The molecule has 2 heterocycles. The van der Waals surface area contributed by atoms with Gasteiger partial charge in [0, 0.05) is 25.5 Å². The highest BCUT2D eigenvalue weighted by molar-refractivity contribution is 5.88. The van der Waals surface area contributed by atoms with Gasteiger partial charge < -0.3 is 9.88 Å². The van der Waals surface area contributed by atoms with Crippen LogP contribution in [0.4, 0.5) is 4.39 Å². The van der Waals surface area contributed by atoms with E-state index in [1.54, 1.807) is 18.5 Å². The number of carbonyl (C=O) groups is 1. The van der Waals surface area contributed by atoms with Crippen molar-refractivity contribution in [2.45, 2.75) is 37.6 Å². The number of hydrogen-bond donors (Lipinski definition) is 1. The number of aromatic nitrogens is 3. The average Bonchev–Trinajstić information content (AvgIpc) is 3.26. The summed E-state index contributed by atoms with van der Waals surface area (Å²) in [5.74, 6) is 0.409. The predicted octanol–water partition coefficient (Wildman–Crippen LogP) is 3.24. The molecule has 2 aromatic heterocycles. The van der Waals surface area contributed by atoms with Gasteiger partial charge >= 0.3 is 0 Å². The number of amides is 1. The Balaban J connectivity index is 1.57. The van der Waals surface area contributed by atoms with Gasteiger partial charge in [0.15, 0.2) is 0 Å². The van der Waals surface area contributed by atoms with Gasteiger partial charge in [-0.3, -0.25) is 9.78 Å². The lowest BCUT2D eigenvalue weighted by molar-refractivity contribution is -0.126. The fourth-order valence-electron chi connectivity index (χ4n) is 3.98. The monoisotopic (exact) mass is 352 g/mol. The van der Waals surface area contributed by atoms with Crippen molar-refractivity contribution in [3.8, 4) is 0 Å². The maximum atomic E-state index is 13.4. The van der Waals surface area contributed by atoms with Gasteiger partial charge in [-0.05, 0) is 36.6 Å². The van der Waals surface area contributed by atoms with Gasteiger partial charge in [0.05, 0.1) is 23.0 Å². The fourth-order valence-corrected chi connectivity index (χ4v) is 3.98. The molecule has 1 saturated carbocycles. The molecule has 0 bridgehead atoms. The number of carbonyl (C=O) groups excluding carboxylic acids is 1. The Kier molecular flexibility index (Phi) is 4.18. The highest BCUT2D eigenvalue weighted by atomic mass is 19.1. The molecule has 0 radical (unpaired) electrons. The van der Waals surface area contributed by atoms with Crippen LogP contribution >= 0.6 is 0 Å². The lowest BCUT2D eigenvalue weighted by atomic mass is 9.79.